The van der Waals surface area contributed by atoms with Crippen molar-refractivity contribution in [1.29, 1.82) is 5.26 Å². The highest BCUT2D eigenvalue weighted by atomic mass is 16.5. The van der Waals surface area contributed by atoms with Crippen molar-refractivity contribution >= 4 is 11.8 Å². The molecular weight excluding hydrogens is 194 g/mol. The minimum Gasteiger partial charge on any atom is -0.465 e. The summed E-state index contributed by atoms with van der Waals surface area (Å²) in [4.78, 5) is 22.6. The Morgan fingerprint density at radius 2 is 2.00 bits per heavy atom. The molecule has 0 rings (SSSR count). The first kappa shape index (κ1) is 13.6. The molecular formula is C11H17NO3. The third-order valence-corrected chi connectivity index (χ3v) is 2.04. The van der Waals surface area contributed by atoms with Gasteiger partial charge in [0.05, 0.1) is 12.7 Å². The van der Waals surface area contributed by atoms with Crippen LogP contribution < -0.4 is 0 Å². The van der Waals surface area contributed by atoms with Gasteiger partial charge in [-0.1, -0.05) is 13.3 Å². The zero-order chi connectivity index (χ0) is 11.9. The number of nitriles is 1. The lowest BCUT2D eigenvalue weighted by Gasteiger charge is -2.12. The van der Waals surface area contributed by atoms with E-state index in [4.69, 9.17) is 10.00 Å². The first-order valence-electron chi connectivity index (χ1n) is 5.04. The lowest BCUT2D eigenvalue weighted by atomic mass is 9.88. The third kappa shape index (κ3) is 5.16. The van der Waals surface area contributed by atoms with Crippen molar-refractivity contribution in [3.8, 4) is 6.07 Å². The Labute approximate surface area is 90.2 Å². The summed E-state index contributed by atoms with van der Waals surface area (Å²) in [5.74, 6) is -0.941. The summed E-state index contributed by atoms with van der Waals surface area (Å²) in [5, 5.41) is 8.67. The van der Waals surface area contributed by atoms with Gasteiger partial charge >= 0.3 is 5.97 Å². The molecule has 15 heavy (non-hydrogen) atoms. The molecule has 0 fully saturated rings. The van der Waals surface area contributed by atoms with Crippen LogP contribution in [0.1, 0.15) is 40.0 Å². The van der Waals surface area contributed by atoms with E-state index in [-0.39, 0.29) is 6.42 Å². The maximum atomic E-state index is 11.4. The van der Waals surface area contributed by atoms with Gasteiger partial charge in [0.2, 0.25) is 0 Å². The molecule has 0 aromatic heterocycles. The van der Waals surface area contributed by atoms with Crippen LogP contribution in [-0.2, 0) is 14.3 Å². The van der Waals surface area contributed by atoms with E-state index in [0.29, 0.717) is 6.61 Å². The number of hydrogen-bond donors (Lipinski definition) is 0. The zero-order valence-corrected chi connectivity index (χ0v) is 9.50. The Bertz CT molecular complexity index is 276. The van der Waals surface area contributed by atoms with Crippen LogP contribution in [0.5, 0.6) is 0 Å². The molecule has 0 saturated heterocycles. The molecule has 4 nitrogen and oxygen atoms in total. The third-order valence-electron chi connectivity index (χ3n) is 2.04. The number of ketones is 1. The van der Waals surface area contributed by atoms with Gasteiger partial charge in [0.1, 0.15) is 11.8 Å². The van der Waals surface area contributed by atoms with Crippen LogP contribution in [0.25, 0.3) is 0 Å². The summed E-state index contributed by atoms with van der Waals surface area (Å²) in [7, 11) is 0. The molecule has 0 aliphatic heterocycles. The van der Waals surface area contributed by atoms with Gasteiger partial charge in [-0.2, -0.15) is 5.26 Å². The molecule has 0 aromatic rings. The average Bonchev–Trinajstić information content (AvgIpc) is 2.18. The van der Waals surface area contributed by atoms with Crippen molar-refractivity contribution in [2.45, 2.75) is 40.0 Å². The Hall–Kier alpha value is -1.37. The molecule has 0 unspecified atom stereocenters. The molecule has 0 amide bonds. The fourth-order valence-electron chi connectivity index (χ4n) is 0.796. The average molecular weight is 211 g/mol. The Morgan fingerprint density at radius 1 is 1.40 bits per heavy atom. The number of rotatable bonds is 6. The van der Waals surface area contributed by atoms with Crippen LogP contribution >= 0.6 is 0 Å². The van der Waals surface area contributed by atoms with Crippen LogP contribution in [0.2, 0.25) is 0 Å². The SMILES string of the molecule is CCCCOC(=O)CC(=O)C(C)(C)C#N. The predicted molar refractivity (Wildman–Crippen MR) is 54.9 cm³/mol. The molecule has 0 spiro atoms. The molecule has 0 saturated carbocycles. The Kier molecular flexibility index (Phi) is 5.61. The molecule has 0 heterocycles. The second-order valence-corrected chi connectivity index (χ2v) is 3.91. The molecule has 0 aliphatic carbocycles. The van der Waals surface area contributed by atoms with Crippen molar-refractivity contribution in [3.63, 3.8) is 0 Å². The van der Waals surface area contributed by atoms with Crippen LogP contribution in [0, 0.1) is 16.7 Å². The summed E-state index contributed by atoms with van der Waals surface area (Å²) in [6.45, 7) is 5.32. The van der Waals surface area contributed by atoms with Crippen LogP contribution in [0.3, 0.4) is 0 Å². The second kappa shape index (κ2) is 6.18. The fourth-order valence-corrected chi connectivity index (χ4v) is 0.796. The molecule has 0 aromatic carbocycles. The van der Waals surface area contributed by atoms with Gasteiger partial charge < -0.3 is 4.74 Å². The van der Waals surface area contributed by atoms with E-state index in [1.165, 1.54) is 13.8 Å². The van der Waals surface area contributed by atoms with Gasteiger partial charge in [0.25, 0.3) is 0 Å². The van der Waals surface area contributed by atoms with Crippen molar-refractivity contribution < 1.29 is 14.3 Å². The van der Waals surface area contributed by atoms with Gasteiger partial charge in [-0.05, 0) is 20.3 Å². The molecule has 0 aliphatic rings. The van der Waals surface area contributed by atoms with Crippen molar-refractivity contribution in [2.75, 3.05) is 6.61 Å². The Morgan fingerprint density at radius 3 is 2.47 bits per heavy atom. The van der Waals surface area contributed by atoms with Crippen molar-refractivity contribution in [3.05, 3.63) is 0 Å². The van der Waals surface area contributed by atoms with Crippen molar-refractivity contribution in [2.24, 2.45) is 5.41 Å². The largest absolute Gasteiger partial charge is 0.465 e. The summed E-state index contributed by atoms with van der Waals surface area (Å²) in [5.41, 5.74) is -1.11. The highest BCUT2D eigenvalue weighted by molar-refractivity contribution is 5.99. The number of hydrogen-bond acceptors (Lipinski definition) is 4. The van der Waals surface area contributed by atoms with Crippen LogP contribution in [-0.4, -0.2) is 18.4 Å². The smallest absolute Gasteiger partial charge is 0.313 e. The maximum absolute atomic E-state index is 11.4. The first-order valence-corrected chi connectivity index (χ1v) is 5.04. The van der Waals surface area contributed by atoms with Crippen LogP contribution in [0.15, 0.2) is 0 Å². The number of unbranched alkanes of at least 4 members (excludes halogenated alkanes) is 1. The highest BCUT2D eigenvalue weighted by Gasteiger charge is 2.29. The minimum absolute atomic E-state index is 0.315. The quantitative estimate of drug-likeness (QED) is 0.382. The van der Waals surface area contributed by atoms with Gasteiger partial charge in [-0.3, -0.25) is 9.59 Å². The van der Waals surface area contributed by atoms with E-state index < -0.39 is 17.2 Å². The predicted octanol–water partition coefficient (Wildman–Crippen LogP) is 1.84. The zero-order valence-electron chi connectivity index (χ0n) is 9.50. The lowest BCUT2D eigenvalue weighted by molar-refractivity contribution is -0.147. The monoisotopic (exact) mass is 211 g/mol. The summed E-state index contributed by atoms with van der Waals surface area (Å²) >= 11 is 0. The van der Waals surface area contributed by atoms with E-state index >= 15 is 0 Å². The number of esters is 1. The number of carbonyl (C=O) groups is 2. The van der Waals surface area contributed by atoms with Gasteiger partial charge in [0, 0.05) is 0 Å². The van der Waals surface area contributed by atoms with E-state index in [1.807, 2.05) is 13.0 Å². The van der Waals surface area contributed by atoms with Crippen LogP contribution in [0.4, 0.5) is 0 Å². The highest BCUT2D eigenvalue weighted by Crippen LogP contribution is 2.16. The molecule has 0 N–H and O–H groups in total. The maximum Gasteiger partial charge on any atom is 0.313 e. The number of ether oxygens (including phenoxy) is 1. The summed E-state index contributed by atoms with van der Waals surface area (Å²) in [6, 6.07) is 1.86. The minimum atomic E-state index is -1.11. The van der Waals surface area contributed by atoms with E-state index in [9.17, 15) is 9.59 Å². The Balaban J connectivity index is 3.99. The molecule has 0 radical (unpaired) electrons. The lowest BCUT2D eigenvalue weighted by Crippen LogP contribution is -2.25. The standard InChI is InChI=1S/C11H17NO3/c1-4-5-6-15-10(14)7-9(13)11(2,3)8-12/h4-7H2,1-3H3. The van der Waals surface area contributed by atoms with Gasteiger partial charge in [-0.25, -0.2) is 0 Å². The normalized spacial score (nSPS) is 10.5. The molecule has 84 valence electrons. The van der Waals surface area contributed by atoms with E-state index in [1.54, 1.807) is 0 Å². The summed E-state index contributed by atoms with van der Waals surface area (Å²) < 4.78 is 4.82. The number of carbonyl (C=O) groups excluding carboxylic acids is 2. The molecule has 0 bridgehead atoms. The number of Topliss-reactive ketones (excluding diaryl/α,β-unsaturated/α-hetero) is 1. The first-order chi connectivity index (χ1) is 6.94. The van der Waals surface area contributed by atoms with Crippen molar-refractivity contribution in [1.82, 2.24) is 0 Å². The molecule has 4 heteroatoms. The topological polar surface area (TPSA) is 67.2 Å². The summed E-state index contributed by atoms with van der Waals surface area (Å²) in [6.07, 6.45) is 1.41. The molecule has 0 atom stereocenters. The van der Waals surface area contributed by atoms with E-state index in [2.05, 4.69) is 0 Å². The second-order valence-electron chi connectivity index (χ2n) is 3.91. The van der Waals surface area contributed by atoms with Gasteiger partial charge in [-0.15, -0.1) is 0 Å². The van der Waals surface area contributed by atoms with E-state index in [0.717, 1.165) is 12.8 Å². The van der Waals surface area contributed by atoms with Gasteiger partial charge in [0.15, 0.2) is 5.78 Å². The number of nitrogens with zero attached hydrogens (tertiary/aromatic N) is 1. The fraction of sp³-hybridized carbons (Fsp3) is 0.727.